The van der Waals surface area contributed by atoms with Crippen molar-refractivity contribution >= 4 is 0 Å². The summed E-state index contributed by atoms with van der Waals surface area (Å²) in [4.78, 5) is 0. The zero-order valence-corrected chi connectivity index (χ0v) is 8.91. The zero-order chi connectivity index (χ0) is 14.8. The Balaban J connectivity index is 5.09. The summed E-state index contributed by atoms with van der Waals surface area (Å²) >= 11 is 0. The fourth-order valence-corrected chi connectivity index (χ4v) is 0.991. The van der Waals surface area contributed by atoms with E-state index in [1.54, 1.807) is 0 Å². The van der Waals surface area contributed by atoms with Crippen molar-refractivity contribution in [1.82, 2.24) is 10.4 Å². The van der Waals surface area contributed by atoms with E-state index in [0.29, 0.717) is 0 Å². The minimum atomic E-state index is -6.13. The second-order valence-corrected chi connectivity index (χ2v) is 3.46. The van der Waals surface area contributed by atoms with Crippen LogP contribution in [0, 0.1) is 0 Å². The van der Waals surface area contributed by atoms with E-state index in [9.17, 15) is 35.1 Å². The van der Waals surface area contributed by atoms with Gasteiger partial charge in [0.2, 0.25) is 0 Å². The van der Waals surface area contributed by atoms with E-state index in [2.05, 4.69) is 0 Å². The highest BCUT2D eigenvalue weighted by atomic mass is 19.4. The summed E-state index contributed by atoms with van der Waals surface area (Å²) in [6.07, 6.45) is -13.8. The topological polar surface area (TPSA) is 35.5 Å². The van der Waals surface area contributed by atoms with Gasteiger partial charge in [0.05, 0.1) is 6.42 Å². The number of nitrogens with one attached hydrogen (secondary N) is 1. The predicted molar refractivity (Wildman–Crippen MR) is 43.4 cm³/mol. The van der Waals surface area contributed by atoms with E-state index in [1.165, 1.54) is 5.43 Å². The van der Waals surface area contributed by atoms with Crippen LogP contribution in [0.3, 0.4) is 0 Å². The molecule has 0 aromatic heterocycles. The molecule has 0 aromatic rings. The van der Waals surface area contributed by atoms with Gasteiger partial charge in [-0.25, -0.2) is 10.4 Å². The van der Waals surface area contributed by atoms with Crippen molar-refractivity contribution in [2.75, 3.05) is 13.8 Å². The smallest absolute Gasteiger partial charge is 0.380 e. The monoisotopic (exact) mass is 290 g/mol. The number of aliphatic hydroxyl groups excluding tert-OH is 1. The molecular formula is C7H10F8N2O. The summed E-state index contributed by atoms with van der Waals surface area (Å²) in [5.74, 6) is -5.59. The summed E-state index contributed by atoms with van der Waals surface area (Å²) in [5.41, 5.74) is 1.26. The van der Waals surface area contributed by atoms with Gasteiger partial charge in [-0.15, -0.1) is 0 Å². The molecule has 11 heteroatoms. The summed E-state index contributed by atoms with van der Waals surface area (Å²) in [6, 6.07) is -3.25. The largest absolute Gasteiger partial charge is 0.455 e. The van der Waals surface area contributed by atoms with Crippen molar-refractivity contribution in [3.8, 4) is 0 Å². The SMILES string of the molecule is CN(CO)N[C@H](CC(F)(F)F)C(F)(F)C(F)(F)F. The van der Waals surface area contributed by atoms with Gasteiger partial charge in [-0.05, 0) is 0 Å². The lowest BCUT2D eigenvalue weighted by Crippen LogP contribution is -2.59. The van der Waals surface area contributed by atoms with Gasteiger partial charge in [-0.2, -0.15) is 35.1 Å². The average molecular weight is 290 g/mol. The Kier molecular flexibility index (Phi) is 5.32. The molecule has 0 heterocycles. The first-order valence-electron chi connectivity index (χ1n) is 4.40. The Morgan fingerprint density at radius 2 is 1.50 bits per heavy atom. The zero-order valence-electron chi connectivity index (χ0n) is 8.91. The fourth-order valence-electron chi connectivity index (χ4n) is 0.991. The van der Waals surface area contributed by atoms with E-state index >= 15 is 0 Å². The number of hydrogen-bond acceptors (Lipinski definition) is 3. The van der Waals surface area contributed by atoms with Gasteiger partial charge in [-0.3, -0.25) is 0 Å². The van der Waals surface area contributed by atoms with Crippen molar-refractivity contribution in [2.24, 2.45) is 0 Å². The van der Waals surface area contributed by atoms with Gasteiger partial charge in [0, 0.05) is 7.05 Å². The maximum atomic E-state index is 12.8. The van der Waals surface area contributed by atoms with E-state index in [-0.39, 0.29) is 5.01 Å². The quantitative estimate of drug-likeness (QED) is 0.461. The van der Waals surface area contributed by atoms with Crippen LogP contribution in [-0.4, -0.2) is 48.2 Å². The van der Waals surface area contributed by atoms with Crippen molar-refractivity contribution in [3.05, 3.63) is 0 Å². The minimum absolute atomic E-state index is 0.288. The molecule has 3 nitrogen and oxygen atoms in total. The molecule has 0 amide bonds. The lowest BCUT2D eigenvalue weighted by molar-refractivity contribution is -0.305. The highest BCUT2D eigenvalue weighted by Crippen LogP contribution is 2.41. The molecule has 0 fully saturated rings. The molecule has 0 aliphatic heterocycles. The van der Waals surface area contributed by atoms with Crippen molar-refractivity contribution in [2.45, 2.75) is 30.7 Å². The highest BCUT2D eigenvalue weighted by Gasteiger charge is 2.64. The molecule has 0 radical (unpaired) electrons. The molecule has 0 spiro atoms. The first kappa shape index (κ1) is 17.3. The molecular weight excluding hydrogens is 280 g/mol. The molecule has 0 aliphatic carbocycles. The molecule has 0 unspecified atom stereocenters. The van der Waals surface area contributed by atoms with Crippen LogP contribution in [0.2, 0.25) is 0 Å². The van der Waals surface area contributed by atoms with Gasteiger partial charge in [0.25, 0.3) is 0 Å². The predicted octanol–water partition coefficient (Wildman–Crippen LogP) is 1.89. The molecule has 110 valence electrons. The number of hydrazine groups is 1. The van der Waals surface area contributed by atoms with Crippen molar-refractivity contribution < 1.29 is 40.2 Å². The van der Waals surface area contributed by atoms with Gasteiger partial charge in [0.15, 0.2) is 0 Å². The van der Waals surface area contributed by atoms with Gasteiger partial charge < -0.3 is 5.11 Å². The maximum absolute atomic E-state index is 12.8. The first-order valence-corrected chi connectivity index (χ1v) is 4.40. The Labute approximate surface area is 96.3 Å². The average Bonchev–Trinajstić information content (AvgIpc) is 2.12. The molecule has 0 saturated heterocycles. The van der Waals surface area contributed by atoms with Crippen molar-refractivity contribution in [1.29, 1.82) is 0 Å². The molecule has 0 aromatic carbocycles. The van der Waals surface area contributed by atoms with Crippen LogP contribution in [0.25, 0.3) is 0 Å². The van der Waals surface area contributed by atoms with Crippen LogP contribution in [0.4, 0.5) is 35.1 Å². The molecule has 2 N–H and O–H groups in total. The van der Waals surface area contributed by atoms with Crippen LogP contribution in [0.5, 0.6) is 0 Å². The standard InChI is InChI=1S/C7H10F8N2O/c1-17(3-18)16-4(2-5(8,9)10)6(11,12)7(13,14)15/h4,16,18H,2-3H2,1H3/t4-/m1/s1. The third-order valence-electron chi connectivity index (χ3n) is 1.84. The van der Waals surface area contributed by atoms with Crippen LogP contribution in [0.15, 0.2) is 0 Å². The van der Waals surface area contributed by atoms with E-state index in [1.807, 2.05) is 0 Å². The van der Waals surface area contributed by atoms with Crippen LogP contribution in [0.1, 0.15) is 6.42 Å². The minimum Gasteiger partial charge on any atom is -0.380 e. The Hall–Kier alpha value is -0.680. The number of rotatable bonds is 5. The van der Waals surface area contributed by atoms with Gasteiger partial charge in [0.1, 0.15) is 12.8 Å². The van der Waals surface area contributed by atoms with E-state index in [0.717, 1.165) is 7.05 Å². The van der Waals surface area contributed by atoms with Crippen molar-refractivity contribution in [3.63, 3.8) is 0 Å². The Morgan fingerprint density at radius 3 is 1.78 bits per heavy atom. The molecule has 0 bridgehead atoms. The molecule has 18 heavy (non-hydrogen) atoms. The molecule has 1 atom stereocenters. The van der Waals surface area contributed by atoms with E-state index in [4.69, 9.17) is 5.11 Å². The second kappa shape index (κ2) is 5.53. The van der Waals surface area contributed by atoms with Crippen LogP contribution >= 0.6 is 0 Å². The van der Waals surface area contributed by atoms with Crippen LogP contribution in [-0.2, 0) is 0 Å². The highest BCUT2D eigenvalue weighted by molar-refractivity contribution is 4.90. The Morgan fingerprint density at radius 1 is 1.06 bits per heavy atom. The Bertz CT molecular complexity index is 263. The summed E-state index contributed by atoms with van der Waals surface area (Å²) in [6.45, 7) is -1.04. The fraction of sp³-hybridized carbons (Fsp3) is 1.00. The molecule has 0 aliphatic rings. The van der Waals surface area contributed by atoms with Gasteiger partial charge in [-0.1, -0.05) is 0 Å². The normalized spacial score (nSPS) is 16.2. The van der Waals surface area contributed by atoms with Crippen LogP contribution < -0.4 is 5.43 Å². The third kappa shape index (κ3) is 4.90. The summed E-state index contributed by atoms with van der Waals surface area (Å²) in [7, 11) is 0.815. The third-order valence-corrected chi connectivity index (χ3v) is 1.84. The number of alkyl halides is 8. The first-order chi connectivity index (χ1) is 7.81. The molecule has 0 saturated carbocycles. The maximum Gasteiger partial charge on any atom is 0.455 e. The number of hydrogen-bond donors (Lipinski definition) is 2. The summed E-state index contributed by atoms with van der Waals surface area (Å²) in [5, 5.41) is 8.69. The lowest BCUT2D eigenvalue weighted by atomic mass is 10.1. The number of halogens is 8. The lowest BCUT2D eigenvalue weighted by Gasteiger charge is -2.32. The molecule has 0 rings (SSSR count). The second-order valence-electron chi connectivity index (χ2n) is 3.46. The van der Waals surface area contributed by atoms with E-state index < -0.39 is 37.5 Å². The number of nitrogens with zero attached hydrogens (tertiary/aromatic N) is 1. The summed E-state index contributed by atoms with van der Waals surface area (Å²) < 4.78 is 97.4. The van der Waals surface area contributed by atoms with Gasteiger partial charge >= 0.3 is 18.3 Å². The number of aliphatic hydroxyl groups is 1.